The zero-order chi connectivity index (χ0) is 14.9. The summed E-state index contributed by atoms with van der Waals surface area (Å²) in [7, 11) is 0. The lowest BCUT2D eigenvalue weighted by molar-refractivity contribution is -0.136. The Morgan fingerprint density at radius 1 is 1.32 bits per heavy atom. The molecule has 3 N–H and O–H groups in total. The minimum absolute atomic E-state index is 0.0802. The molecule has 1 atom stereocenters. The predicted molar refractivity (Wildman–Crippen MR) is 71.0 cm³/mol. The van der Waals surface area contributed by atoms with E-state index in [1.807, 2.05) is 13.8 Å². The molecule has 0 radical (unpaired) electrons. The zero-order valence-electron chi connectivity index (χ0n) is 11.8. The third-order valence-electron chi connectivity index (χ3n) is 2.79. The summed E-state index contributed by atoms with van der Waals surface area (Å²) in [5.74, 6) is 0. The van der Waals surface area contributed by atoms with Crippen LogP contribution in [0.2, 0.25) is 0 Å². The van der Waals surface area contributed by atoms with Gasteiger partial charge in [-0.25, -0.2) is 0 Å². The molecule has 0 aromatic rings. The minimum atomic E-state index is -4.10. The number of hydrogen-bond acceptors (Lipinski definition) is 3. The maximum Gasteiger partial charge on any atom is 0.389 e. The highest BCUT2D eigenvalue weighted by atomic mass is 19.4. The molecule has 0 spiro atoms. The monoisotopic (exact) mass is 282 g/mol. The Bertz CT molecular complexity index is 269. The minimum Gasteiger partial charge on any atom is -0.376 e. The number of ether oxygens (including phenoxy) is 1. The van der Waals surface area contributed by atoms with Gasteiger partial charge < -0.3 is 15.8 Å². The quantitative estimate of drug-likeness (QED) is 0.478. The van der Waals surface area contributed by atoms with Crippen molar-refractivity contribution in [2.45, 2.75) is 44.8 Å². The molecule has 0 aromatic carbocycles. The SMILES string of the molecule is C=C(C)COCCNC(C)(CN)CCCC(F)(F)F. The van der Waals surface area contributed by atoms with E-state index in [0.29, 0.717) is 32.7 Å². The van der Waals surface area contributed by atoms with E-state index in [2.05, 4.69) is 11.9 Å². The van der Waals surface area contributed by atoms with Crippen molar-refractivity contribution in [3.8, 4) is 0 Å². The van der Waals surface area contributed by atoms with Gasteiger partial charge in [-0.2, -0.15) is 13.2 Å². The van der Waals surface area contributed by atoms with Crippen molar-refractivity contribution < 1.29 is 17.9 Å². The molecule has 0 rings (SSSR count). The van der Waals surface area contributed by atoms with Gasteiger partial charge in [-0.1, -0.05) is 12.2 Å². The molecule has 114 valence electrons. The van der Waals surface area contributed by atoms with E-state index >= 15 is 0 Å². The number of rotatable bonds is 10. The fraction of sp³-hybridized carbons (Fsp3) is 0.846. The second-order valence-corrected chi connectivity index (χ2v) is 5.17. The van der Waals surface area contributed by atoms with Crippen molar-refractivity contribution in [2.24, 2.45) is 5.73 Å². The molecule has 0 amide bonds. The highest BCUT2D eigenvalue weighted by Crippen LogP contribution is 2.24. The normalized spacial score (nSPS) is 15.3. The van der Waals surface area contributed by atoms with Crippen molar-refractivity contribution in [3.63, 3.8) is 0 Å². The number of nitrogens with two attached hydrogens (primary N) is 1. The molecule has 0 aliphatic carbocycles. The second-order valence-electron chi connectivity index (χ2n) is 5.17. The molecule has 19 heavy (non-hydrogen) atoms. The summed E-state index contributed by atoms with van der Waals surface area (Å²) in [6.07, 6.45) is -4.39. The van der Waals surface area contributed by atoms with Gasteiger partial charge in [0.2, 0.25) is 0 Å². The van der Waals surface area contributed by atoms with Crippen LogP contribution in [0.25, 0.3) is 0 Å². The van der Waals surface area contributed by atoms with Gasteiger partial charge in [0.25, 0.3) is 0 Å². The van der Waals surface area contributed by atoms with Crippen LogP contribution >= 0.6 is 0 Å². The van der Waals surface area contributed by atoms with Crippen LogP contribution in [0.15, 0.2) is 12.2 Å². The van der Waals surface area contributed by atoms with Crippen LogP contribution in [0.1, 0.15) is 33.1 Å². The van der Waals surface area contributed by atoms with Gasteiger partial charge >= 0.3 is 6.18 Å². The first-order chi connectivity index (χ1) is 8.68. The van der Waals surface area contributed by atoms with E-state index in [4.69, 9.17) is 10.5 Å². The third-order valence-corrected chi connectivity index (χ3v) is 2.79. The molecule has 0 aliphatic rings. The Labute approximate surface area is 113 Å². The summed E-state index contributed by atoms with van der Waals surface area (Å²) < 4.78 is 41.6. The number of halogens is 3. The molecular formula is C13H25F3N2O. The van der Waals surface area contributed by atoms with Gasteiger partial charge in [0.15, 0.2) is 0 Å². The van der Waals surface area contributed by atoms with Gasteiger partial charge in [0.1, 0.15) is 0 Å². The van der Waals surface area contributed by atoms with Crippen molar-refractivity contribution in [3.05, 3.63) is 12.2 Å². The lowest BCUT2D eigenvalue weighted by Crippen LogP contribution is -2.49. The molecule has 0 aromatic heterocycles. The van der Waals surface area contributed by atoms with Crippen molar-refractivity contribution in [1.29, 1.82) is 0 Å². The first kappa shape index (κ1) is 18.4. The zero-order valence-corrected chi connectivity index (χ0v) is 11.8. The number of nitrogens with one attached hydrogen (secondary N) is 1. The Morgan fingerprint density at radius 2 is 1.95 bits per heavy atom. The summed E-state index contributed by atoms with van der Waals surface area (Å²) in [4.78, 5) is 0. The first-order valence-electron chi connectivity index (χ1n) is 6.42. The number of alkyl halides is 3. The summed E-state index contributed by atoms with van der Waals surface area (Å²) in [5.41, 5.74) is 6.08. The fourth-order valence-electron chi connectivity index (χ4n) is 1.61. The molecule has 6 heteroatoms. The molecule has 0 saturated heterocycles. The Hall–Kier alpha value is -0.590. The lowest BCUT2D eigenvalue weighted by Gasteiger charge is -2.30. The Morgan fingerprint density at radius 3 is 2.42 bits per heavy atom. The van der Waals surface area contributed by atoms with Crippen LogP contribution in [0, 0.1) is 0 Å². The van der Waals surface area contributed by atoms with Gasteiger partial charge in [-0.15, -0.1) is 0 Å². The first-order valence-corrected chi connectivity index (χ1v) is 6.42. The van der Waals surface area contributed by atoms with Crippen LogP contribution in [0.4, 0.5) is 13.2 Å². The van der Waals surface area contributed by atoms with Crippen molar-refractivity contribution in [1.82, 2.24) is 5.32 Å². The molecule has 0 bridgehead atoms. The van der Waals surface area contributed by atoms with E-state index in [1.165, 1.54) is 0 Å². The van der Waals surface area contributed by atoms with E-state index in [-0.39, 0.29) is 6.42 Å². The van der Waals surface area contributed by atoms with Crippen LogP contribution in [0.3, 0.4) is 0 Å². The molecular weight excluding hydrogens is 257 g/mol. The molecule has 0 saturated carbocycles. The van der Waals surface area contributed by atoms with Crippen LogP contribution in [0.5, 0.6) is 0 Å². The second kappa shape index (κ2) is 8.55. The Kier molecular flexibility index (Phi) is 8.29. The Balaban J connectivity index is 3.85. The van der Waals surface area contributed by atoms with E-state index in [1.54, 1.807) is 0 Å². The largest absolute Gasteiger partial charge is 0.389 e. The fourth-order valence-corrected chi connectivity index (χ4v) is 1.61. The van der Waals surface area contributed by atoms with Gasteiger partial charge in [0.05, 0.1) is 13.2 Å². The summed E-state index contributed by atoms with van der Waals surface area (Å²) in [6, 6.07) is 0. The van der Waals surface area contributed by atoms with Gasteiger partial charge in [0, 0.05) is 25.0 Å². The standard InChI is InChI=1S/C13H25F3N2O/c1-11(2)9-19-8-7-18-12(3,10-17)5-4-6-13(14,15)16/h18H,1,4-10,17H2,2-3H3. The van der Waals surface area contributed by atoms with Crippen LogP contribution < -0.4 is 11.1 Å². The predicted octanol–water partition coefficient (Wildman–Crippen LogP) is 2.62. The summed E-state index contributed by atoms with van der Waals surface area (Å²) >= 11 is 0. The van der Waals surface area contributed by atoms with Gasteiger partial charge in [-0.3, -0.25) is 0 Å². The maximum absolute atomic E-state index is 12.1. The van der Waals surface area contributed by atoms with Crippen molar-refractivity contribution >= 4 is 0 Å². The van der Waals surface area contributed by atoms with Gasteiger partial charge in [-0.05, 0) is 26.7 Å². The van der Waals surface area contributed by atoms with Crippen LogP contribution in [-0.4, -0.2) is 38.0 Å². The van der Waals surface area contributed by atoms with Crippen LogP contribution in [-0.2, 0) is 4.74 Å². The molecule has 0 fully saturated rings. The highest BCUT2D eigenvalue weighted by molar-refractivity contribution is 4.87. The molecule has 3 nitrogen and oxygen atoms in total. The van der Waals surface area contributed by atoms with E-state index < -0.39 is 18.1 Å². The van der Waals surface area contributed by atoms with E-state index in [9.17, 15) is 13.2 Å². The molecule has 0 heterocycles. The summed E-state index contributed by atoms with van der Waals surface area (Å²) in [5, 5.41) is 3.16. The third kappa shape index (κ3) is 11.0. The smallest absolute Gasteiger partial charge is 0.376 e. The average molecular weight is 282 g/mol. The highest BCUT2D eigenvalue weighted by Gasteiger charge is 2.29. The summed E-state index contributed by atoms with van der Waals surface area (Å²) in [6.45, 7) is 9.26. The topological polar surface area (TPSA) is 47.3 Å². The maximum atomic E-state index is 12.1. The lowest BCUT2D eigenvalue weighted by atomic mass is 9.95. The average Bonchev–Trinajstić information content (AvgIpc) is 2.26. The van der Waals surface area contributed by atoms with Crippen molar-refractivity contribution in [2.75, 3.05) is 26.3 Å². The molecule has 1 unspecified atom stereocenters. The molecule has 0 aliphatic heterocycles. The van der Waals surface area contributed by atoms with E-state index in [0.717, 1.165) is 5.57 Å². The number of hydrogen-bond donors (Lipinski definition) is 2.